The number of nitrogens with zero attached hydrogens (tertiary/aromatic N) is 3. The highest BCUT2D eigenvalue weighted by molar-refractivity contribution is 5.79. The standard InChI is InChI=1S/C18H24FN5/c1-3-20-17(21-12-16-8-11-23-24(16)2)22-13-18(9-10-18)14-4-6-15(19)7-5-14/h4-8,11H,3,9-10,12-13H2,1-2H3,(H2,20,21,22). The molecule has 2 N–H and O–H groups in total. The van der Waals surface area contributed by atoms with Gasteiger partial charge in [-0.3, -0.25) is 4.68 Å². The van der Waals surface area contributed by atoms with Crippen LogP contribution in [-0.2, 0) is 19.0 Å². The van der Waals surface area contributed by atoms with E-state index in [1.165, 1.54) is 17.7 Å². The molecule has 0 saturated heterocycles. The third kappa shape index (κ3) is 3.75. The smallest absolute Gasteiger partial charge is 0.191 e. The Balaban J connectivity index is 1.63. The lowest BCUT2D eigenvalue weighted by Crippen LogP contribution is -2.41. The van der Waals surface area contributed by atoms with Crippen molar-refractivity contribution < 1.29 is 4.39 Å². The van der Waals surface area contributed by atoms with Gasteiger partial charge in [-0.05, 0) is 43.5 Å². The van der Waals surface area contributed by atoms with Gasteiger partial charge in [0.1, 0.15) is 5.82 Å². The van der Waals surface area contributed by atoms with E-state index in [9.17, 15) is 4.39 Å². The van der Waals surface area contributed by atoms with Crippen molar-refractivity contribution in [2.24, 2.45) is 12.0 Å². The van der Waals surface area contributed by atoms with Crippen LogP contribution in [0.15, 0.2) is 41.5 Å². The van der Waals surface area contributed by atoms with Crippen molar-refractivity contribution in [1.82, 2.24) is 20.4 Å². The van der Waals surface area contributed by atoms with E-state index in [0.29, 0.717) is 6.54 Å². The first-order valence-corrected chi connectivity index (χ1v) is 8.38. The topological polar surface area (TPSA) is 54.2 Å². The number of hydrogen-bond donors (Lipinski definition) is 2. The van der Waals surface area contributed by atoms with Gasteiger partial charge in [-0.1, -0.05) is 12.1 Å². The molecule has 6 heteroatoms. The Morgan fingerprint density at radius 1 is 1.25 bits per heavy atom. The number of halogens is 1. The zero-order chi connectivity index (χ0) is 17.0. The molecule has 0 amide bonds. The van der Waals surface area contributed by atoms with Crippen LogP contribution >= 0.6 is 0 Å². The molecule has 1 aliphatic rings. The third-order valence-electron chi connectivity index (χ3n) is 4.57. The van der Waals surface area contributed by atoms with E-state index in [4.69, 9.17) is 0 Å². The van der Waals surface area contributed by atoms with Gasteiger partial charge in [-0.15, -0.1) is 0 Å². The lowest BCUT2D eigenvalue weighted by atomic mass is 9.96. The van der Waals surface area contributed by atoms with Gasteiger partial charge in [0.05, 0.1) is 12.2 Å². The first-order valence-electron chi connectivity index (χ1n) is 8.38. The van der Waals surface area contributed by atoms with Crippen molar-refractivity contribution in [3.05, 3.63) is 53.6 Å². The van der Waals surface area contributed by atoms with Crippen molar-refractivity contribution in [3.63, 3.8) is 0 Å². The van der Waals surface area contributed by atoms with E-state index in [-0.39, 0.29) is 11.2 Å². The van der Waals surface area contributed by atoms with Gasteiger partial charge >= 0.3 is 0 Å². The summed E-state index contributed by atoms with van der Waals surface area (Å²) in [6.07, 6.45) is 4.01. The van der Waals surface area contributed by atoms with Gasteiger partial charge in [0.15, 0.2) is 5.96 Å². The zero-order valence-corrected chi connectivity index (χ0v) is 14.2. The molecule has 3 rings (SSSR count). The SMILES string of the molecule is CCNC(=NCc1ccnn1C)NCC1(c2ccc(F)cc2)CC1. The molecule has 0 aliphatic heterocycles. The summed E-state index contributed by atoms with van der Waals surface area (Å²) in [7, 11) is 1.92. The fourth-order valence-corrected chi connectivity index (χ4v) is 2.83. The fraction of sp³-hybridized carbons (Fsp3) is 0.444. The number of aliphatic imine (C=N–C) groups is 1. The average molecular weight is 329 g/mol. The molecule has 0 bridgehead atoms. The summed E-state index contributed by atoms with van der Waals surface area (Å²) >= 11 is 0. The van der Waals surface area contributed by atoms with Gasteiger partial charge in [-0.25, -0.2) is 9.38 Å². The number of hydrogen-bond acceptors (Lipinski definition) is 2. The number of guanidine groups is 1. The zero-order valence-electron chi connectivity index (χ0n) is 14.2. The minimum atomic E-state index is -0.186. The molecular formula is C18H24FN5. The van der Waals surface area contributed by atoms with Crippen molar-refractivity contribution in [2.75, 3.05) is 13.1 Å². The van der Waals surface area contributed by atoms with Gasteiger partial charge in [0, 0.05) is 31.7 Å². The number of nitrogens with one attached hydrogen (secondary N) is 2. The predicted molar refractivity (Wildman–Crippen MR) is 93.3 cm³/mol. The maximum atomic E-state index is 13.1. The van der Waals surface area contributed by atoms with Gasteiger partial charge in [-0.2, -0.15) is 5.10 Å². The molecule has 1 heterocycles. The van der Waals surface area contributed by atoms with Crippen LogP contribution in [0.25, 0.3) is 0 Å². The summed E-state index contributed by atoms with van der Waals surface area (Å²) in [5.41, 5.74) is 2.36. The van der Waals surface area contributed by atoms with E-state index in [1.54, 1.807) is 6.20 Å². The average Bonchev–Trinajstić information content (AvgIpc) is 3.26. The number of aryl methyl sites for hydroxylation is 1. The summed E-state index contributed by atoms with van der Waals surface area (Å²) in [4.78, 5) is 4.63. The quantitative estimate of drug-likeness (QED) is 0.632. The monoisotopic (exact) mass is 329 g/mol. The van der Waals surface area contributed by atoms with Crippen LogP contribution in [0.1, 0.15) is 31.0 Å². The Kier molecular flexibility index (Phi) is 4.83. The highest BCUT2D eigenvalue weighted by Crippen LogP contribution is 2.47. The second-order valence-corrected chi connectivity index (χ2v) is 6.28. The Hall–Kier alpha value is -2.37. The maximum absolute atomic E-state index is 13.1. The van der Waals surface area contributed by atoms with Gasteiger partial charge < -0.3 is 10.6 Å². The Bertz CT molecular complexity index is 700. The van der Waals surface area contributed by atoms with Crippen LogP contribution in [0, 0.1) is 5.82 Å². The Morgan fingerprint density at radius 2 is 2.00 bits per heavy atom. The molecule has 1 fully saturated rings. The first kappa shape index (κ1) is 16.5. The highest BCUT2D eigenvalue weighted by atomic mass is 19.1. The van der Waals surface area contributed by atoms with Crippen molar-refractivity contribution in [3.8, 4) is 0 Å². The van der Waals surface area contributed by atoms with Crippen LogP contribution < -0.4 is 10.6 Å². The number of benzene rings is 1. The first-order chi connectivity index (χ1) is 11.6. The molecule has 5 nitrogen and oxygen atoms in total. The molecule has 128 valence electrons. The van der Waals surface area contributed by atoms with Gasteiger partial charge in [0.2, 0.25) is 0 Å². The van der Waals surface area contributed by atoms with E-state index < -0.39 is 0 Å². The molecule has 1 aliphatic carbocycles. The number of rotatable bonds is 6. The second-order valence-electron chi connectivity index (χ2n) is 6.28. The van der Waals surface area contributed by atoms with E-state index in [1.807, 2.05) is 36.9 Å². The molecule has 1 aromatic carbocycles. The summed E-state index contributed by atoms with van der Waals surface area (Å²) < 4.78 is 15.0. The van der Waals surface area contributed by atoms with Crippen LogP contribution in [0.5, 0.6) is 0 Å². The molecule has 0 atom stereocenters. The van der Waals surface area contributed by atoms with Crippen molar-refractivity contribution >= 4 is 5.96 Å². The summed E-state index contributed by atoms with van der Waals surface area (Å²) in [6.45, 7) is 4.24. The third-order valence-corrected chi connectivity index (χ3v) is 4.57. The lowest BCUT2D eigenvalue weighted by molar-refractivity contribution is 0.617. The molecule has 1 aromatic heterocycles. The molecule has 24 heavy (non-hydrogen) atoms. The predicted octanol–water partition coefficient (Wildman–Crippen LogP) is 2.35. The van der Waals surface area contributed by atoms with Crippen LogP contribution in [0.2, 0.25) is 0 Å². The molecule has 0 spiro atoms. The van der Waals surface area contributed by atoms with Crippen LogP contribution in [-0.4, -0.2) is 28.8 Å². The minimum absolute atomic E-state index is 0.108. The molecule has 0 unspecified atom stereocenters. The van der Waals surface area contributed by atoms with E-state index in [2.05, 4.69) is 20.7 Å². The molecule has 0 radical (unpaired) electrons. The lowest BCUT2D eigenvalue weighted by Gasteiger charge is -2.19. The minimum Gasteiger partial charge on any atom is -0.357 e. The highest BCUT2D eigenvalue weighted by Gasteiger charge is 2.44. The Morgan fingerprint density at radius 3 is 2.58 bits per heavy atom. The van der Waals surface area contributed by atoms with Crippen LogP contribution in [0.4, 0.5) is 4.39 Å². The molecule has 2 aromatic rings. The molecular weight excluding hydrogens is 305 g/mol. The summed E-state index contributed by atoms with van der Waals surface area (Å²) in [5, 5.41) is 10.9. The van der Waals surface area contributed by atoms with Gasteiger partial charge in [0.25, 0.3) is 0 Å². The number of aromatic nitrogens is 2. The van der Waals surface area contributed by atoms with E-state index >= 15 is 0 Å². The summed E-state index contributed by atoms with van der Waals surface area (Å²) in [6, 6.07) is 8.83. The fourth-order valence-electron chi connectivity index (χ4n) is 2.83. The van der Waals surface area contributed by atoms with Crippen LogP contribution in [0.3, 0.4) is 0 Å². The summed E-state index contributed by atoms with van der Waals surface area (Å²) in [5.74, 6) is 0.612. The maximum Gasteiger partial charge on any atom is 0.191 e. The second kappa shape index (κ2) is 7.03. The van der Waals surface area contributed by atoms with Crippen molar-refractivity contribution in [2.45, 2.75) is 31.7 Å². The molecule has 1 saturated carbocycles. The Labute approximate surface area is 142 Å². The normalized spacial score (nSPS) is 16.0. The van der Waals surface area contributed by atoms with Crippen molar-refractivity contribution in [1.29, 1.82) is 0 Å². The largest absolute Gasteiger partial charge is 0.357 e. The van der Waals surface area contributed by atoms with E-state index in [0.717, 1.165) is 37.6 Å².